The molecule has 4 nitrogen and oxygen atoms in total. The molecular weight excluding hydrogens is 321 g/mol. The Morgan fingerprint density at radius 1 is 0.917 bits per heavy atom. The highest BCUT2D eigenvalue weighted by atomic mass is 19.4. The van der Waals surface area contributed by atoms with Crippen LogP contribution >= 0.6 is 0 Å². The molecule has 0 aromatic heterocycles. The Kier molecular flexibility index (Phi) is 3.88. The van der Waals surface area contributed by atoms with Crippen molar-refractivity contribution >= 4 is 11.8 Å². The molecule has 0 saturated heterocycles. The monoisotopic (exact) mass is 334 g/mol. The lowest BCUT2D eigenvalue weighted by Crippen LogP contribution is -2.43. The molecule has 3 rings (SSSR count). The fourth-order valence-corrected chi connectivity index (χ4v) is 2.54. The minimum absolute atomic E-state index is 0.301. The van der Waals surface area contributed by atoms with Crippen LogP contribution in [0.4, 0.5) is 13.2 Å². The summed E-state index contributed by atoms with van der Waals surface area (Å²) in [5, 5.41) is 0.896. The SMILES string of the molecule is CC(NN1C(=O)c2ccccc2C1=O)c1ccc(C(F)(F)F)cc1. The third-order valence-corrected chi connectivity index (χ3v) is 3.85. The number of rotatable bonds is 3. The first-order chi connectivity index (χ1) is 11.3. The molecule has 1 N–H and O–H groups in total. The van der Waals surface area contributed by atoms with Crippen molar-refractivity contribution < 1.29 is 22.8 Å². The number of hydrogen-bond donors (Lipinski definition) is 1. The molecule has 1 heterocycles. The lowest BCUT2D eigenvalue weighted by Gasteiger charge is -2.21. The fourth-order valence-electron chi connectivity index (χ4n) is 2.54. The minimum atomic E-state index is -4.41. The Balaban J connectivity index is 1.77. The molecule has 1 unspecified atom stereocenters. The van der Waals surface area contributed by atoms with Crippen molar-refractivity contribution in [1.82, 2.24) is 10.4 Å². The van der Waals surface area contributed by atoms with E-state index in [9.17, 15) is 22.8 Å². The van der Waals surface area contributed by atoms with E-state index in [1.165, 1.54) is 12.1 Å². The van der Waals surface area contributed by atoms with Gasteiger partial charge in [-0.05, 0) is 36.8 Å². The van der Waals surface area contributed by atoms with Gasteiger partial charge in [-0.3, -0.25) is 9.59 Å². The van der Waals surface area contributed by atoms with E-state index in [4.69, 9.17) is 0 Å². The van der Waals surface area contributed by atoms with Gasteiger partial charge >= 0.3 is 6.18 Å². The number of fused-ring (bicyclic) bond motifs is 1. The Morgan fingerprint density at radius 3 is 1.88 bits per heavy atom. The topological polar surface area (TPSA) is 49.4 Å². The van der Waals surface area contributed by atoms with Crippen molar-refractivity contribution in [3.05, 3.63) is 70.8 Å². The molecule has 2 aromatic carbocycles. The molecule has 7 heteroatoms. The Labute approximate surface area is 135 Å². The average Bonchev–Trinajstić information content (AvgIpc) is 2.79. The van der Waals surface area contributed by atoms with Crippen LogP contribution in [-0.2, 0) is 6.18 Å². The van der Waals surface area contributed by atoms with Crippen molar-refractivity contribution in [1.29, 1.82) is 0 Å². The van der Waals surface area contributed by atoms with Crippen molar-refractivity contribution in [2.75, 3.05) is 0 Å². The number of carbonyl (C=O) groups excluding carboxylic acids is 2. The first-order valence-corrected chi connectivity index (χ1v) is 7.20. The lowest BCUT2D eigenvalue weighted by molar-refractivity contribution is -0.137. The number of benzene rings is 2. The van der Waals surface area contributed by atoms with Gasteiger partial charge in [-0.15, -0.1) is 0 Å². The molecule has 24 heavy (non-hydrogen) atoms. The van der Waals surface area contributed by atoms with Crippen molar-refractivity contribution in [2.24, 2.45) is 0 Å². The number of carbonyl (C=O) groups is 2. The number of amides is 2. The molecule has 0 fully saturated rings. The summed E-state index contributed by atoms with van der Waals surface area (Å²) in [6.07, 6.45) is -4.41. The van der Waals surface area contributed by atoms with Crippen LogP contribution in [0.25, 0.3) is 0 Å². The minimum Gasteiger partial charge on any atom is -0.267 e. The highest BCUT2D eigenvalue weighted by molar-refractivity contribution is 6.20. The number of hydrazine groups is 1. The summed E-state index contributed by atoms with van der Waals surface area (Å²) in [6, 6.07) is 10.5. The molecule has 1 aliphatic heterocycles. The standard InChI is InChI=1S/C17H13F3N2O2/c1-10(11-6-8-12(9-7-11)17(18,19)20)21-22-15(23)13-4-2-3-5-14(13)16(22)24/h2-10,21H,1H3. The highest BCUT2D eigenvalue weighted by Crippen LogP contribution is 2.30. The molecule has 0 spiro atoms. The first kappa shape index (κ1) is 16.2. The van der Waals surface area contributed by atoms with E-state index < -0.39 is 29.6 Å². The summed E-state index contributed by atoms with van der Waals surface area (Å²) in [5.74, 6) is -0.955. The molecule has 1 atom stereocenters. The van der Waals surface area contributed by atoms with Gasteiger partial charge < -0.3 is 0 Å². The summed E-state index contributed by atoms with van der Waals surface area (Å²) in [7, 11) is 0. The number of nitrogens with zero attached hydrogens (tertiary/aromatic N) is 1. The fraction of sp³-hybridized carbons (Fsp3) is 0.176. The predicted octanol–water partition coefficient (Wildman–Crippen LogP) is 3.57. The van der Waals surface area contributed by atoms with E-state index in [0.717, 1.165) is 17.1 Å². The van der Waals surface area contributed by atoms with Crippen LogP contribution in [0.5, 0.6) is 0 Å². The maximum absolute atomic E-state index is 12.6. The van der Waals surface area contributed by atoms with Crippen molar-refractivity contribution in [2.45, 2.75) is 19.1 Å². The molecule has 2 aromatic rings. The summed E-state index contributed by atoms with van der Waals surface area (Å²) >= 11 is 0. The second-order valence-corrected chi connectivity index (χ2v) is 5.46. The maximum Gasteiger partial charge on any atom is 0.416 e. The average molecular weight is 334 g/mol. The number of halogens is 3. The first-order valence-electron chi connectivity index (χ1n) is 7.20. The van der Waals surface area contributed by atoms with Gasteiger partial charge in [0.15, 0.2) is 0 Å². The van der Waals surface area contributed by atoms with E-state index in [1.807, 2.05) is 0 Å². The van der Waals surface area contributed by atoms with Crippen LogP contribution in [0.3, 0.4) is 0 Å². The molecule has 124 valence electrons. The molecular formula is C17H13F3N2O2. The van der Waals surface area contributed by atoms with Gasteiger partial charge in [-0.25, -0.2) is 10.4 Å². The van der Waals surface area contributed by atoms with Crippen LogP contribution in [0.2, 0.25) is 0 Å². The molecule has 2 amide bonds. The van der Waals surface area contributed by atoms with Gasteiger partial charge in [-0.1, -0.05) is 24.3 Å². The van der Waals surface area contributed by atoms with Gasteiger partial charge in [0, 0.05) is 6.04 Å². The maximum atomic E-state index is 12.6. The van der Waals surface area contributed by atoms with Crippen molar-refractivity contribution in [3.8, 4) is 0 Å². The zero-order chi connectivity index (χ0) is 17.5. The molecule has 0 aliphatic carbocycles. The second-order valence-electron chi connectivity index (χ2n) is 5.46. The van der Waals surface area contributed by atoms with E-state index in [-0.39, 0.29) is 0 Å². The van der Waals surface area contributed by atoms with Crippen LogP contribution in [0.15, 0.2) is 48.5 Å². The number of imide groups is 1. The molecule has 0 bridgehead atoms. The summed E-state index contributed by atoms with van der Waals surface area (Å²) < 4.78 is 37.8. The van der Waals surface area contributed by atoms with E-state index in [2.05, 4.69) is 5.43 Å². The number of hydrogen-bond acceptors (Lipinski definition) is 3. The van der Waals surface area contributed by atoms with E-state index >= 15 is 0 Å². The Morgan fingerprint density at radius 2 is 1.42 bits per heavy atom. The second kappa shape index (κ2) is 5.76. The van der Waals surface area contributed by atoms with Gasteiger partial charge in [0.1, 0.15) is 0 Å². The normalized spacial score (nSPS) is 15.6. The molecule has 1 aliphatic rings. The lowest BCUT2D eigenvalue weighted by atomic mass is 10.1. The number of alkyl halides is 3. The Hall–Kier alpha value is -2.67. The van der Waals surface area contributed by atoms with Crippen LogP contribution < -0.4 is 5.43 Å². The predicted molar refractivity (Wildman–Crippen MR) is 79.9 cm³/mol. The third-order valence-electron chi connectivity index (χ3n) is 3.85. The van der Waals surface area contributed by atoms with Gasteiger partial charge in [0.05, 0.1) is 16.7 Å². The number of nitrogens with one attached hydrogen (secondary N) is 1. The molecule has 0 saturated carbocycles. The summed E-state index contributed by atoms with van der Waals surface area (Å²) in [5.41, 5.74) is 3.13. The zero-order valence-electron chi connectivity index (χ0n) is 12.6. The zero-order valence-corrected chi connectivity index (χ0v) is 12.6. The van der Waals surface area contributed by atoms with E-state index in [0.29, 0.717) is 16.7 Å². The van der Waals surface area contributed by atoms with Gasteiger partial charge in [0.2, 0.25) is 0 Å². The third kappa shape index (κ3) is 2.78. The largest absolute Gasteiger partial charge is 0.416 e. The van der Waals surface area contributed by atoms with Gasteiger partial charge in [-0.2, -0.15) is 13.2 Å². The smallest absolute Gasteiger partial charge is 0.267 e. The van der Waals surface area contributed by atoms with Crippen LogP contribution in [0.1, 0.15) is 44.8 Å². The highest BCUT2D eigenvalue weighted by Gasteiger charge is 2.36. The summed E-state index contributed by atoms with van der Waals surface area (Å²) in [4.78, 5) is 24.5. The van der Waals surface area contributed by atoms with Gasteiger partial charge in [0.25, 0.3) is 11.8 Å². The van der Waals surface area contributed by atoms with Crippen molar-refractivity contribution in [3.63, 3.8) is 0 Å². The van der Waals surface area contributed by atoms with Crippen LogP contribution in [0, 0.1) is 0 Å². The van der Waals surface area contributed by atoms with Crippen LogP contribution in [-0.4, -0.2) is 16.8 Å². The quantitative estimate of drug-likeness (QED) is 0.873. The summed E-state index contributed by atoms with van der Waals surface area (Å²) in [6.45, 7) is 1.66. The molecule has 0 radical (unpaired) electrons. The Bertz CT molecular complexity index is 765. The van der Waals surface area contributed by atoms with E-state index in [1.54, 1.807) is 31.2 Å².